The molecule has 0 atom stereocenters. The number of para-hydroxylation sites is 1. The van der Waals surface area contributed by atoms with Crippen LogP contribution < -0.4 is 5.32 Å². The van der Waals surface area contributed by atoms with E-state index < -0.39 is 0 Å². The topological polar surface area (TPSA) is 34.0 Å². The van der Waals surface area contributed by atoms with E-state index in [9.17, 15) is 4.79 Å². The van der Waals surface area contributed by atoms with Gasteiger partial charge in [-0.25, -0.2) is 0 Å². The normalized spacial score (nSPS) is 14.5. The van der Waals surface area contributed by atoms with Gasteiger partial charge in [-0.3, -0.25) is 4.79 Å². The van der Waals surface area contributed by atoms with E-state index in [0.717, 1.165) is 15.9 Å². The number of amides is 1. The van der Waals surface area contributed by atoms with Crippen LogP contribution in [0.3, 0.4) is 0 Å². The third-order valence-corrected chi connectivity index (χ3v) is 3.77. The van der Waals surface area contributed by atoms with E-state index >= 15 is 0 Å². The van der Waals surface area contributed by atoms with Crippen molar-refractivity contribution in [2.45, 2.75) is 18.9 Å². The lowest BCUT2D eigenvalue weighted by atomic mass is 10.3. The highest BCUT2D eigenvalue weighted by Gasteiger charge is 2.26. The minimum absolute atomic E-state index is 0.0567. The van der Waals surface area contributed by atoms with E-state index in [1.807, 2.05) is 42.6 Å². The Balaban J connectivity index is 1.83. The standard InChI is InChI=1S/C14H13BrN2O/c15-11-4-1-2-5-12(11)16-14(18)13-6-3-9-17(13)10-7-8-10/h1-6,9-10H,7-8H2,(H,16,18). The zero-order valence-electron chi connectivity index (χ0n) is 9.77. The van der Waals surface area contributed by atoms with Gasteiger partial charge < -0.3 is 9.88 Å². The quantitative estimate of drug-likeness (QED) is 0.918. The van der Waals surface area contributed by atoms with Crippen molar-refractivity contribution in [3.8, 4) is 0 Å². The summed E-state index contributed by atoms with van der Waals surface area (Å²) in [6, 6.07) is 11.9. The van der Waals surface area contributed by atoms with Crippen LogP contribution >= 0.6 is 15.9 Å². The Kier molecular flexibility index (Phi) is 2.96. The second kappa shape index (κ2) is 4.61. The Hall–Kier alpha value is -1.55. The summed E-state index contributed by atoms with van der Waals surface area (Å²) in [6.45, 7) is 0. The molecule has 0 spiro atoms. The van der Waals surface area contributed by atoms with Crippen LogP contribution in [0.15, 0.2) is 47.1 Å². The molecular weight excluding hydrogens is 292 g/mol. The summed E-state index contributed by atoms with van der Waals surface area (Å²) in [5.74, 6) is -0.0567. The molecule has 3 nitrogen and oxygen atoms in total. The fraction of sp³-hybridized carbons (Fsp3) is 0.214. The van der Waals surface area contributed by atoms with Gasteiger partial charge in [-0.05, 0) is 53.0 Å². The molecule has 1 saturated carbocycles. The van der Waals surface area contributed by atoms with E-state index in [1.165, 1.54) is 12.8 Å². The molecule has 1 aliphatic carbocycles. The summed E-state index contributed by atoms with van der Waals surface area (Å²) >= 11 is 3.43. The monoisotopic (exact) mass is 304 g/mol. The van der Waals surface area contributed by atoms with Crippen LogP contribution in [0.1, 0.15) is 29.4 Å². The van der Waals surface area contributed by atoms with E-state index in [0.29, 0.717) is 6.04 Å². The summed E-state index contributed by atoms with van der Waals surface area (Å²) in [4.78, 5) is 12.2. The third-order valence-electron chi connectivity index (χ3n) is 3.07. The van der Waals surface area contributed by atoms with Crippen LogP contribution in [0.25, 0.3) is 0 Å². The average Bonchev–Trinajstić information content (AvgIpc) is 3.09. The van der Waals surface area contributed by atoms with Gasteiger partial charge >= 0.3 is 0 Å². The Bertz CT molecular complexity index is 587. The van der Waals surface area contributed by atoms with Crippen molar-refractivity contribution in [3.63, 3.8) is 0 Å². The van der Waals surface area contributed by atoms with E-state index in [1.54, 1.807) is 0 Å². The van der Waals surface area contributed by atoms with Gasteiger partial charge in [0.2, 0.25) is 0 Å². The molecule has 0 bridgehead atoms. The molecule has 1 heterocycles. The van der Waals surface area contributed by atoms with E-state index in [4.69, 9.17) is 0 Å². The number of nitrogens with zero attached hydrogens (tertiary/aromatic N) is 1. The Labute approximate surface area is 114 Å². The number of carbonyl (C=O) groups excluding carboxylic acids is 1. The van der Waals surface area contributed by atoms with Crippen molar-refractivity contribution >= 4 is 27.5 Å². The van der Waals surface area contributed by atoms with Crippen LogP contribution in [-0.4, -0.2) is 10.5 Å². The van der Waals surface area contributed by atoms with Gasteiger partial charge in [-0.1, -0.05) is 12.1 Å². The number of halogens is 1. The lowest BCUT2D eigenvalue weighted by molar-refractivity contribution is 0.101. The summed E-state index contributed by atoms with van der Waals surface area (Å²) in [7, 11) is 0. The SMILES string of the molecule is O=C(Nc1ccccc1Br)c1cccn1C1CC1. The van der Waals surface area contributed by atoms with Gasteiger partial charge in [0.1, 0.15) is 5.69 Å². The van der Waals surface area contributed by atoms with E-state index in [2.05, 4.69) is 25.8 Å². The Morgan fingerprint density at radius 2 is 2.00 bits per heavy atom. The predicted molar refractivity (Wildman–Crippen MR) is 74.8 cm³/mol. The maximum absolute atomic E-state index is 12.2. The lowest BCUT2D eigenvalue weighted by Gasteiger charge is -2.09. The van der Waals surface area contributed by atoms with Crippen LogP contribution in [-0.2, 0) is 0 Å². The first-order valence-corrected chi connectivity index (χ1v) is 6.78. The zero-order chi connectivity index (χ0) is 12.5. The smallest absolute Gasteiger partial charge is 0.272 e. The van der Waals surface area contributed by atoms with Gasteiger partial charge in [-0.2, -0.15) is 0 Å². The summed E-state index contributed by atoms with van der Waals surface area (Å²) in [5, 5.41) is 2.93. The molecule has 1 aromatic heterocycles. The van der Waals surface area contributed by atoms with Crippen LogP contribution in [0.5, 0.6) is 0 Å². The van der Waals surface area contributed by atoms with Crippen molar-refractivity contribution in [1.82, 2.24) is 4.57 Å². The molecule has 0 saturated heterocycles. The number of carbonyl (C=O) groups is 1. The fourth-order valence-electron chi connectivity index (χ4n) is 2.01. The first-order chi connectivity index (χ1) is 8.75. The number of anilines is 1. The molecule has 1 fully saturated rings. The van der Waals surface area contributed by atoms with Gasteiger partial charge in [0.15, 0.2) is 0 Å². The highest BCUT2D eigenvalue weighted by atomic mass is 79.9. The molecule has 0 aliphatic heterocycles. The second-order valence-corrected chi connectivity index (χ2v) is 5.32. The molecule has 3 rings (SSSR count). The maximum Gasteiger partial charge on any atom is 0.272 e. The number of hydrogen-bond donors (Lipinski definition) is 1. The molecule has 1 amide bonds. The predicted octanol–water partition coefficient (Wildman–Crippen LogP) is 3.84. The Morgan fingerprint density at radius 3 is 2.72 bits per heavy atom. The van der Waals surface area contributed by atoms with Gasteiger partial charge in [0.25, 0.3) is 5.91 Å². The number of aromatic nitrogens is 1. The molecule has 1 N–H and O–H groups in total. The lowest BCUT2D eigenvalue weighted by Crippen LogP contribution is -2.16. The minimum Gasteiger partial charge on any atom is -0.340 e. The number of hydrogen-bond acceptors (Lipinski definition) is 1. The Morgan fingerprint density at radius 1 is 1.22 bits per heavy atom. The fourth-order valence-corrected chi connectivity index (χ4v) is 2.39. The van der Waals surface area contributed by atoms with Gasteiger partial charge in [-0.15, -0.1) is 0 Å². The van der Waals surface area contributed by atoms with Crippen molar-refractivity contribution in [2.24, 2.45) is 0 Å². The van der Waals surface area contributed by atoms with Gasteiger partial charge in [0, 0.05) is 16.7 Å². The van der Waals surface area contributed by atoms with Gasteiger partial charge in [0.05, 0.1) is 5.69 Å². The number of benzene rings is 1. The van der Waals surface area contributed by atoms with Crippen LogP contribution in [0, 0.1) is 0 Å². The number of rotatable bonds is 3. The maximum atomic E-state index is 12.2. The number of nitrogens with one attached hydrogen (secondary N) is 1. The van der Waals surface area contributed by atoms with Crippen LogP contribution in [0.2, 0.25) is 0 Å². The largest absolute Gasteiger partial charge is 0.340 e. The second-order valence-electron chi connectivity index (χ2n) is 4.47. The van der Waals surface area contributed by atoms with Crippen molar-refractivity contribution in [3.05, 3.63) is 52.8 Å². The molecule has 0 radical (unpaired) electrons. The summed E-state index contributed by atoms with van der Waals surface area (Å²) in [6.07, 6.45) is 4.32. The van der Waals surface area contributed by atoms with Crippen molar-refractivity contribution in [1.29, 1.82) is 0 Å². The highest BCUT2D eigenvalue weighted by molar-refractivity contribution is 9.10. The molecule has 1 aromatic carbocycles. The molecule has 0 unspecified atom stereocenters. The molecule has 18 heavy (non-hydrogen) atoms. The summed E-state index contributed by atoms with van der Waals surface area (Å²) in [5.41, 5.74) is 1.53. The van der Waals surface area contributed by atoms with Crippen molar-refractivity contribution < 1.29 is 4.79 Å². The molecule has 92 valence electrons. The van der Waals surface area contributed by atoms with Crippen molar-refractivity contribution in [2.75, 3.05) is 5.32 Å². The molecule has 4 heteroatoms. The highest BCUT2D eigenvalue weighted by Crippen LogP contribution is 2.36. The molecule has 2 aromatic rings. The first-order valence-electron chi connectivity index (χ1n) is 5.98. The zero-order valence-corrected chi connectivity index (χ0v) is 11.4. The first kappa shape index (κ1) is 11.5. The average molecular weight is 305 g/mol. The van der Waals surface area contributed by atoms with E-state index in [-0.39, 0.29) is 5.91 Å². The molecular formula is C14H13BrN2O. The third kappa shape index (κ3) is 2.20. The molecule has 1 aliphatic rings. The minimum atomic E-state index is -0.0567. The summed E-state index contributed by atoms with van der Waals surface area (Å²) < 4.78 is 2.95. The van der Waals surface area contributed by atoms with Crippen LogP contribution in [0.4, 0.5) is 5.69 Å².